The van der Waals surface area contributed by atoms with E-state index in [-0.39, 0.29) is 17.9 Å². The minimum absolute atomic E-state index is 0.0672. The van der Waals surface area contributed by atoms with Gasteiger partial charge in [0.15, 0.2) is 0 Å². The molecule has 0 spiro atoms. The van der Waals surface area contributed by atoms with Crippen LogP contribution in [-0.2, 0) is 11.2 Å². The average Bonchev–Trinajstić information content (AvgIpc) is 2.48. The predicted octanol–water partition coefficient (Wildman–Crippen LogP) is 2.44. The van der Waals surface area contributed by atoms with Crippen LogP contribution in [0.3, 0.4) is 0 Å². The fraction of sp³-hybridized carbons (Fsp3) is 0.0625. The predicted molar refractivity (Wildman–Crippen MR) is 76.9 cm³/mol. The molecule has 0 aliphatic rings. The highest BCUT2D eigenvalue weighted by molar-refractivity contribution is 5.96. The Morgan fingerprint density at radius 2 is 1.76 bits per heavy atom. The molecule has 1 amide bonds. The summed E-state index contributed by atoms with van der Waals surface area (Å²) >= 11 is 0. The van der Waals surface area contributed by atoms with Crippen LogP contribution in [0.5, 0.6) is 0 Å². The molecule has 0 saturated heterocycles. The summed E-state index contributed by atoms with van der Waals surface area (Å²) in [5.74, 6) is -1.44. The highest BCUT2D eigenvalue weighted by atomic mass is 16.4. The molecule has 2 aromatic carbocycles. The molecule has 0 radical (unpaired) electrons. The van der Waals surface area contributed by atoms with Gasteiger partial charge in [0.2, 0.25) is 5.91 Å². The summed E-state index contributed by atoms with van der Waals surface area (Å²) in [6.45, 7) is 0. The lowest BCUT2D eigenvalue weighted by Crippen LogP contribution is -2.17. The van der Waals surface area contributed by atoms with Crippen molar-refractivity contribution in [3.63, 3.8) is 0 Å². The third-order valence-corrected chi connectivity index (χ3v) is 2.92. The molecule has 5 heteroatoms. The maximum atomic E-state index is 12.0. The van der Waals surface area contributed by atoms with Crippen LogP contribution in [0.15, 0.2) is 48.5 Å². The second-order valence-corrected chi connectivity index (χ2v) is 4.34. The highest BCUT2D eigenvalue weighted by Crippen LogP contribution is 2.15. The Kier molecular flexibility index (Phi) is 4.32. The van der Waals surface area contributed by atoms with Gasteiger partial charge in [-0.15, -0.1) is 0 Å². The molecule has 21 heavy (non-hydrogen) atoms. The van der Waals surface area contributed by atoms with Gasteiger partial charge in [-0.2, -0.15) is 5.26 Å². The molecular formula is C16H12N2O3. The molecule has 0 heterocycles. The Morgan fingerprint density at radius 3 is 2.48 bits per heavy atom. The first kappa shape index (κ1) is 14.3. The first-order valence-electron chi connectivity index (χ1n) is 6.22. The van der Waals surface area contributed by atoms with Crippen molar-refractivity contribution in [3.8, 4) is 6.07 Å². The number of anilines is 1. The summed E-state index contributed by atoms with van der Waals surface area (Å²) in [6, 6.07) is 15.0. The fourth-order valence-electron chi connectivity index (χ4n) is 1.94. The van der Waals surface area contributed by atoms with Crippen molar-refractivity contribution in [1.29, 1.82) is 5.26 Å². The number of carboxylic acid groups (broad SMARTS) is 1. The van der Waals surface area contributed by atoms with Gasteiger partial charge < -0.3 is 10.4 Å². The van der Waals surface area contributed by atoms with Crippen molar-refractivity contribution in [2.24, 2.45) is 0 Å². The molecule has 0 aliphatic heterocycles. The van der Waals surface area contributed by atoms with Gasteiger partial charge in [0, 0.05) is 0 Å². The lowest BCUT2D eigenvalue weighted by molar-refractivity contribution is -0.115. The topological polar surface area (TPSA) is 90.2 Å². The number of benzene rings is 2. The van der Waals surface area contributed by atoms with E-state index in [2.05, 4.69) is 5.32 Å². The minimum Gasteiger partial charge on any atom is -0.478 e. The summed E-state index contributed by atoms with van der Waals surface area (Å²) in [6.07, 6.45) is -0.0672. The molecule has 2 rings (SSSR count). The Hall–Kier alpha value is -3.13. The number of carbonyl (C=O) groups excluding carboxylic acids is 1. The van der Waals surface area contributed by atoms with Crippen LogP contribution in [0.25, 0.3) is 0 Å². The van der Waals surface area contributed by atoms with E-state index in [1.165, 1.54) is 6.07 Å². The van der Waals surface area contributed by atoms with E-state index >= 15 is 0 Å². The quantitative estimate of drug-likeness (QED) is 0.900. The molecule has 0 bridgehead atoms. The van der Waals surface area contributed by atoms with Crippen LogP contribution in [0.4, 0.5) is 5.69 Å². The summed E-state index contributed by atoms with van der Waals surface area (Å²) in [5.41, 5.74) is 1.30. The Bertz CT molecular complexity index is 732. The molecule has 0 saturated carbocycles. The van der Waals surface area contributed by atoms with Crippen molar-refractivity contribution in [3.05, 3.63) is 65.2 Å². The molecule has 0 atom stereocenters. The van der Waals surface area contributed by atoms with Crippen LogP contribution < -0.4 is 5.32 Å². The SMILES string of the molecule is N#Cc1ccccc1NC(=O)Cc1ccccc1C(=O)O. The van der Waals surface area contributed by atoms with E-state index in [0.717, 1.165) is 0 Å². The van der Waals surface area contributed by atoms with Gasteiger partial charge >= 0.3 is 5.97 Å². The number of rotatable bonds is 4. The van der Waals surface area contributed by atoms with Gasteiger partial charge in [-0.25, -0.2) is 4.79 Å². The van der Waals surface area contributed by atoms with Crippen molar-refractivity contribution in [1.82, 2.24) is 0 Å². The van der Waals surface area contributed by atoms with Crippen molar-refractivity contribution in [2.75, 3.05) is 5.32 Å². The Labute approximate surface area is 121 Å². The third-order valence-electron chi connectivity index (χ3n) is 2.92. The van der Waals surface area contributed by atoms with Crippen LogP contribution in [0.2, 0.25) is 0 Å². The smallest absolute Gasteiger partial charge is 0.335 e. The molecule has 0 aliphatic carbocycles. The van der Waals surface area contributed by atoms with E-state index < -0.39 is 5.97 Å². The van der Waals surface area contributed by atoms with Gasteiger partial charge in [-0.3, -0.25) is 4.79 Å². The number of nitrogens with zero attached hydrogens (tertiary/aromatic N) is 1. The van der Waals surface area contributed by atoms with E-state index in [9.17, 15) is 9.59 Å². The number of amides is 1. The molecular weight excluding hydrogens is 268 g/mol. The lowest BCUT2D eigenvalue weighted by atomic mass is 10.0. The number of carbonyl (C=O) groups is 2. The molecule has 0 aromatic heterocycles. The first-order chi connectivity index (χ1) is 10.1. The maximum absolute atomic E-state index is 12.0. The van der Waals surface area contributed by atoms with E-state index in [4.69, 9.17) is 10.4 Å². The average molecular weight is 280 g/mol. The zero-order valence-electron chi connectivity index (χ0n) is 11.0. The van der Waals surface area contributed by atoms with Gasteiger partial charge in [0.25, 0.3) is 0 Å². The van der Waals surface area contributed by atoms with E-state index in [1.54, 1.807) is 42.5 Å². The monoisotopic (exact) mass is 280 g/mol. The number of nitrogens with one attached hydrogen (secondary N) is 1. The number of carboxylic acids is 1. The molecule has 104 valence electrons. The molecule has 2 aromatic rings. The summed E-state index contributed by atoms with van der Waals surface area (Å²) < 4.78 is 0. The van der Waals surface area contributed by atoms with Gasteiger partial charge in [-0.05, 0) is 23.8 Å². The first-order valence-corrected chi connectivity index (χ1v) is 6.22. The van der Waals surface area contributed by atoms with Gasteiger partial charge in [0.1, 0.15) is 6.07 Å². The summed E-state index contributed by atoms with van der Waals surface area (Å²) in [5, 5.41) is 20.7. The zero-order chi connectivity index (χ0) is 15.2. The van der Waals surface area contributed by atoms with E-state index in [0.29, 0.717) is 16.8 Å². The second-order valence-electron chi connectivity index (χ2n) is 4.34. The van der Waals surface area contributed by atoms with Crippen LogP contribution >= 0.6 is 0 Å². The number of aromatic carboxylic acids is 1. The van der Waals surface area contributed by atoms with Gasteiger partial charge in [0.05, 0.1) is 23.2 Å². The number of nitriles is 1. The van der Waals surface area contributed by atoms with E-state index in [1.807, 2.05) is 6.07 Å². The Morgan fingerprint density at radius 1 is 1.10 bits per heavy atom. The second kappa shape index (κ2) is 6.35. The van der Waals surface area contributed by atoms with Crippen molar-refractivity contribution in [2.45, 2.75) is 6.42 Å². The molecule has 2 N–H and O–H groups in total. The number of hydrogen-bond donors (Lipinski definition) is 2. The maximum Gasteiger partial charge on any atom is 0.335 e. The lowest BCUT2D eigenvalue weighted by Gasteiger charge is -2.08. The third kappa shape index (κ3) is 3.45. The van der Waals surface area contributed by atoms with Crippen LogP contribution in [-0.4, -0.2) is 17.0 Å². The largest absolute Gasteiger partial charge is 0.478 e. The fourth-order valence-corrected chi connectivity index (χ4v) is 1.94. The highest BCUT2D eigenvalue weighted by Gasteiger charge is 2.13. The molecule has 0 fully saturated rings. The normalized spacial score (nSPS) is 9.67. The van der Waals surface area contributed by atoms with Crippen molar-refractivity contribution >= 4 is 17.6 Å². The summed E-state index contributed by atoms with van der Waals surface area (Å²) in [4.78, 5) is 23.1. The van der Waals surface area contributed by atoms with Crippen LogP contribution in [0, 0.1) is 11.3 Å². The summed E-state index contributed by atoms with van der Waals surface area (Å²) in [7, 11) is 0. The van der Waals surface area contributed by atoms with Crippen molar-refractivity contribution < 1.29 is 14.7 Å². The Balaban J connectivity index is 2.16. The van der Waals surface area contributed by atoms with Crippen LogP contribution in [0.1, 0.15) is 21.5 Å². The number of hydrogen-bond acceptors (Lipinski definition) is 3. The molecule has 5 nitrogen and oxygen atoms in total. The standard InChI is InChI=1S/C16H12N2O3/c17-10-12-6-2-4-8-14(12)18-15(19)9-11-5-1-3-7-13(11)16(20)21/h1-8H,9H2,(H,18,19)(H,20,21). The minimum atomic E-state index is -1.07. The van der Waals surface area contributed by atoms with Gasteiger partial charge in [-0.1, -0.05) is 30.3 Å². The zero-order valence-corrected chi connectivity index (χ0v) is 11.0. The molecule has 0 unspecified atom stereocenters. The number of para-hydroxylation sites is 1.